The minimum atomic E-state index is -0.262. The second kappa shape index (κ2) is 6.46. The SMILES string of the molecule is Nc1ncc(C#CCC2(NC(=O)c3nc4ccccc4[nH]3)CC2)cc1Br. The number of halogens is 1. The third kappa shape index (κ3) is 3.41. The van der Waals surface area contributed by atoms with Gasteiger partial charge in [-0.3, -0.25) is 4.79 Å². The minimum Gasteiger partial charge on any atom is -0.383 e. The summed E-state index contributed by atoms with van der Waals surface area (Å²) in [7, 11) is 0. The molecule has 1 aliphatic rings. The Hall–Kier alpha value is -2.85. The van der Waals surface area contributed by atoms with Gasteiger partial charge in [-0.1, -0.05) is 24.0 Å². The summed E-state index contributed by atoms with van der Waals surface area (Å²) in [6.45, 7) is 0. The Bertz CT molecular complexity index is 1030. The van der Waals surface area contributed by atoms with E-state index in [-0.39, 0.29) is 11.4 Å². The number of amides is 1. The van der Waals surface area contributed by atoms with Crippen LogP contribution in [0.2, 0.25) is 0 Å². The number of rotatable bonds is 3. The molecule has 3 aromatic rings. The van der Waals surface area contributed by atoms with Crippen LogP contribution < -0.4 is 11.1 Å². The molecule has 0 atom stereocenters. The summed E-state index contributed by atoms with van der Waals surface area (Å²) in [5.74, 6) is 6.78. The van der Waals surface area contributed by atoms with E-state index in [2.05, 4.69) is 48.0 Å². The van der Waals surface area contributed by atoms with Gasteiger partial charge in [-0.05, 0) is 47.0 Å². The van der Waals surface area contributed by atoms with Gasteiger partial charge in [-0.15, -0.1) is 0 Å². The van der Waals surface area contributed by atoms with Crippen molar-refractivity contribution in [1.29, 1.82) is 0 Å². The lowest BCUT2D eigenvalue weighted by atomic mass is 10.1. The van der Waals surface area contributed by atoms with E-state index >= 15 is 0 Å². The fourth-order valence-corrected chi connectivity index (χ4v) is 3.04. The van der Waals surface area contributed by atoms with Gasteiger partial charge in [-0.25, -0.2) is 9.97 Å². The van der Waals surface area contributed by atoms with E-state index in [0.29, 0.717) is 18.1 Å². The summed E-state index contributed by atoms with van der Waals surface area (Å²) in [6, 6.07) is 9.41. The van der Waals surface area contributed by atoms with Gasteiger partial charge in [0.25, 0.3) is 5.91 Å². The molecule has 0 bridgehead atoms. The molecule has 2 heterocycles. The average molecular weight is 410 g/mol. The number of imidazole rings is 1. The Morgan fingerprint density at radius 2 is 2.19 bits per heavy atom. The number of carbonyl (C=O) groups excluding carboxylic acids is 1. The first-order valence-corrected chi connectivity index (χ1v) is 9.01. The normalized spacial score (nSPS) is 14.5. The number of nitrogens with two attached hydrogens (primary N) is 1. The van der Waals surface area contributed by atoms with Gasteiger partial charge < -0.3 is 16.0 Å². The summed E-state index contributed by atoms with van der Waals surface area (Å²) >= 11 is 3.34. The van der Waals surface area contributed by atoms with Crippen LogP contribution in [-0.2, 0) is 0 Å². The lowest BCUT2D eigenvalue weighted by molar-refractivity contribution is 0.0923. The van der Waals surface area contributed by atoms with Crippen molar-refractivity contribution in [2.75, 3.05) is 5.73 Å². The van der Waals surface area contributed by atoms with Gasteiger partial charge in [0.15, 0.2) is 5.82 Å². The van der Waals surface area contributed by atoms with Crippen molar-refractivity contribution in [1.82, 2.24) is 20.3 Å². The number of nitrogen functional groups attached to an aromatic ring is 1. The number of carbonyl (C=O) groups is 1. The van der Waals surface area contributed by atoms with E-state index in [9.17, 15) is 4.79 Å². The lowest BCUT2D eigenvalue weighted by Gasteiger charge is -2.13. The van der Waals surface area contributed by atoms with Crippen LogP contribution in [0.25, 0.3) is 11.0 Å². The second-order valence-electron chi connectivity index (χ2n) is 6.41. The number of benzene rings is 1. The third-order valence-electron chi connectivity index (χ3n) is 4.37. The summed E-state index contributed by atoms with van der Waals surface area (Å²) in [6.07, 6.45) is 4.05. The van der Waals surface area contributed by atoms with Gasteiger partial charge in [0.2, 0.25) is 0 Å². The first-order valence-electron chi connectivity index (χ1n) is 8.22. The predicted molar refractivity (Wildman–Crippen MR) is 103 cm³/mol. The molecule has 0 unspecified atom stereocenters. The van der Waals surface area contributed by atoms with Crippen molar-refractivity contribution < 1.29 is 4.79 Å². The molecule has 7 heteroatoms. The zero-order valence-corrected chi connectivity index (χ0v) is 15.4. The van der Waals surface area contributed by atoms with Crippen LogP contribution in [0.1, 0.15) is 35.4 Å². The molecular formula is C19H16BrN5O. The first-order chi connectivity index (χ1) is 12.5. The topological polar surface area (TPSA) is 96.7 Å². The zero-order valence-electron chi connectivity index (χ0n) is 13.8. The second-order valence-corrected chi connectivity index (χ2v) is 7.26. The maximum atomic E-state index is 12.5. The smallest absolute Gasteiger partial charge is 0.287 e. The molecule has 0 aliphatic heterocycles. The Morgan fingerprint density at radius 3 is 2.92 bits per heavy atom. The number of fused-ring (bicyclic) bond motifs is 1. The molecule has 1 aliphatic carbocycles. The Morgan fingerprint density at radius 1 is 1.38 bits per heavy atom. The molecule has 0 spiro atoms. The van der Waals surface area contributed by atoms with E-state index in [1.165, 1.54) is 0 Å². The highest BCUT2D eigenvalue weighted by Gasteiger charge is 2.43. The summed E-state index contributed by atoms with van der Waals surface area (Å²) < 4.78 is 0.726. The number of nitrogens with one attached hydrogen (secondary N) is 2. The fourth-order valence-electron chi connectivity index (χ4n) is 2.69. The molecule has 0 saturated heterocycles. The monoisotopic (exact) mass is 409 g/mol. The van der Waals surface area contributed by atoms with Crippen molar-refractivity contribution in [3.63, 3.8) is 0 Å². The quantitative estimate of drug-likeness (QED) is 0.579. The van der Waals surface area contributed by atoms with Gasteiger partial charge >= 0.3 is 0 Å². The van der Waals surface area contributed by atoms with Crippen molar-refractivity contribution in [2.45, 2.75) is 24.8 Å². The van der Waals surface area contributed by atoms with Crippen LogP contribution in [0.4, 0.5) is 5.82 Å². The maximum absolute atomic E-state index is 12.5. The predicted octanol–water partition coefficient (Wildman–Crippen LogP) is 3.01. The molecule has 4 rings (SSSR count). The highest BCUT2D eigenvalue weighted by atomic mass is 79.9. The number of para-hydroxylation sites is 2. The molecule has 26 heavy (non-hydrogen) atoms. The molecule has 4 N–H and O–H groups in total. The summed E-state index contributed by atoms with van der Waals surface area (Å²) in [5.41, 5.74) is 7.82. The largest absolute Gasteiger partial charge is 0.383 e. The molecule has 1 aromatic carbocycles. The fraction of sp³-hybridized carbons (Fsp3) is 0.211. The third-order valence-corrected chi connectivity index (χ3v) is 5.00. The highest BCUT2D eigenvalue weighted by molar-refractivity contribution is 9.10. The standard InChI is InChI=1S/C19H16BrN5O/c20-13-10-12(11-22-16(13)21)4-3-7-19(8-9-19)25-18(26)17-23-14-5-1-2-6-15(14)24-17/h1-2,5-6,10-11H,7-9H2,(H2,21,22)(H,23,24)(H,25,26). The van der Waals surface area contributed by atoms with E-state index in [4.69, 9.17) is 5.73 Å². The van der Waals surface area contributed by atoms with Crippen molar-refractivity contribution in [2.24, 2.45) is 0 Å². The van der Waals surface area contributed by atoms with E-state index in [1.807, 2.05) is 30.3 Å². The van der Waals surface area contributed by atoms with Gasteiger partial charge in [0.1, 0.15) is 5.82 Å². The number of aromatic amines is 1. The van der Waals surface area contributed by atoms with Crippen molar-refractivity contribution in [3.8, 4) is 11.8 Å². The molecule has 1 fully saturated rings. The Labute approximate surface area is 158 Å². The van der Waals surface area contributed by atoms with Crippen LogP contribution >= 0.6 is 15.9 Å². The number of H-pyrrole nitrogens is 1. The zero-order chi connectivity index (χ0) is 18.1. The Kier molecular flexibility index (Phi) is 4.13. The Balaban J connectivity index is 1.44. The van der Waals surface area contributed by atoms with Gasteiger partial charge in [0.05, 0.1) is 21.0 Å². The number of pyridine rings is 1. The van der Waals surface area contributed by atoms with Crippen LogP contribution in [0.5, 0.6) is 0 Å². The number of hydrogen-bond donors (Lipinski definition) is 3. The molecule has 0 radical (unpaired) electrons. The van der Waals surface area contributed by atoms with E-state index in [1.54, 1.807) is 6.20 Å². The number of anilines is 1. The summed E-state index contributed by atoms with van der Waals surface area (Å²) in [4.78, 5) is 24.0. The first kappa shape index (κ1) is 16.6. The van der Waals surface area contributed by atoms with Crippen LogP contribution in [-0.4, -0.2) is 26.4 Å². The van der Waals surface area contributed by atoms with Crippen LogP contribution in [0.15, 0.2) is 41.0 Å². The van der Waals surface area contributed by atoms with E-state index < -0.39 is 0 Å². The van der Waals surface area contributed by atoms with Crippen LogP contribution in [0.3, 0.4) is 0 Å². The van der Waals surface area contributed by atoms with Gasteiger partial charge in [0, 0.05) is 18.2 Å². The molecule has 2 aromatic heterocycles. The summed E-state index contributed by atoms with van der Waals surface area (Å²) in [5, 5.41) is 3.07. The number of nitrogens with zero attached hydrogens (tertiary/aromatic N) is 2. The lowest BCUT2D eigenvalue weighted by Crippen LogP contribution is -2.37. The molecular weight excluding hydrogens is 394 g/mol. The molecule has 130 valence electrons. The maximum Gasteiger partial charge on any atom is 0.287 e. The number of aromatic nitrogens is 3. The molecule has 1 saturated carbocycles. The highest BCUT2D eigenvalue weighted by Crippen LogP contribution is 2.38. The van der Waals surface area contributed by atoms with E-state index in [0.717, 1.165) is 33.9 Å². The molecule has 1 amide bonds. The minimum absolute atomic E-state index is 0.197. The van der Waals surface area contributed by atoms with Crippen molar-refractivity contribution >= 4 is 38.7 Å². The molecule has 6 nitrogen and oxygen atoms in total. The van der Waals surface area contributed by atoms with Crippen molar-refractivity contribution in [3.05, 3.63) is 52.4 Å². The van der Waals surface area contributed by atoms with Crippen LogP contribution in [0, 0.1) is 11.8 Å². The average Bonchev–Trinajstić information content (AvgIpc) is 3.23. The number of hydrogen-bond acceptors (Lipinski definition) is 4. The van der Waals surface area contributed by atoms with Gasteiger partial charge in [-0.2, -0.15) is 0 Å².